The van der Waals surface area contributed by atoms with Crippen LogP contribution in [0.1, 0.15) is 73.3 Å². The van der Waals surface area contributed by atoms with Crippen LogP contribution in [0.3, 0.4) is 0 Å². The van der Waals surface area contributed by atoms with E-state index in [2.05, 4.69) is 6.92 Å². The van der Waals surface area contributed by atoms with Gasteiger partial charge in [0.2, 0.25) is 11.6 Å². The third-order valence-corrected chi connectivity index (χ3v) is 5.96. The Morgan fingerprint density at radius 1 is 1.08 bits per heavy atom. The smallest absolute Gasteiger partial charge is 0.228 e. The maximum atomic E-state index is 13.0. The minimum atomic E-state index is -0.397. The zero-order valence-corrected chi connectivity index (χ0v) is 14.5. The van der Waals surface area contributed by atoms with Gasteiger partial charge in [0, 0.05) is 33.7 Å². The molecule has 3 aliphatic carbocycles. The molecule has 2 aromatic rings. The first kappa shape index (κ1) is 15.3. The summed E-state index contributed by atoms with van der Waals surface area (Å²) in [6.45, 7) is 2.09. The molecule has 0 saturated heterocycles. The Morgan fingerprint density at radius 3 is 2.65 bits per heavy atom. The van der Waals surface area contributed by atoms with E-state index >= 15 is 0 Å². The number of furan rings is 1. The molecule has 5 heteroatoms. The normalized spacial score (nSPS) is 23.2. The fourth-order valence-corrected chi connectivity index (χ4v) is 4.68. The van der Waals surface area contributed by atoms with Gasteiger partial charge < -0.3 is 9.15 Å². The molecule has 1 aromatic carbocycles. The number of allylic oxidation sites excluding steroid dienone is 2. The first-order valence-electron chi connectivity index (χ1n) is 8.64. The van der Waals surface area contributed by atoms with Gasteiger partial charge in [-0.15, -0.1) is 0 Å². The van der Waals surface area contributed by atoms with Gasteiger partial charge in [-0.25, -0.2) is 0 Å². The van der Waals surface area contributed by atoms with Crippen molar-refractivity contribution in [2.45, 2.75) is 31.6 Å². The zero-order chi connectivity index (χ0) is 18.2. The van der Waals surface area contributed by atoms with Crippen molar-refractivity contribution in [3.63, 3.8) is 0 Å². The molecule has 1 atom stereocenters. The summed E-state index contributed by atoms with van der Waals surface area (Å²) in [4.78, 5) is 38.1. The molecular weight excluding hydrogens is 332 g/mol. The van der Waals surface area contributed by atoms with Gasteiger partial charge >= 0.3 is 0 Å². The van der Waals surface area contributed by atoms with Crippen molar-refractivity contribution in [2.24, 2.45) is 0 Å². The highest BCUT2D eigenvalue weighted by molar-refractivity contribution is 6.25. The highest BCUT2D eigenvalue weighted by atomic mass is 16.5. The molecule has 5 nitrogen and oxygen atoms in total. The summed E-state index contributed by atoms with van der Waals surface area (Å²) in [5.74, 6) is -0.465. The molecule has 0 saturated carbocycles. The summed E-state index contributed by atoms with van der Waals surface area (Å²) in [7, 11) is 1.37. The number of hydrogen-bond donors (Lipinski definition) is 0. The number of methoxy groups -OCH3 is 1. The number of carbonyl (C=O) groups is 3. The number of benzene rings is 1. The monoisotopic (exact) mass is 348 g/mol. The van der Waals surface area contributed by atoms with Crippen molar-refractivity contribution >= 4 is 17.3 Å². The summed E-state index contributed by atoms with van der Waals surface area (Å²) < 4.78 is 10.7. The molecular formula is C21H16O5. The molecule has 0 N–H and O–H groups in total. The Balaban J connectivity index is 1.81. The van der Waals surface area contributed by atoms with E-state index < -0.39 is 5.41 Å². The van der Waals surface area contributed by atoms with Crippen molar-refractivity contribution < 1.29 is 23.5 Å². The molecule has 0 spiro atoms. The van der Waals surface area contributed by atoms with Gasteiger partial charge in [-0.3, -0.25) is 14.4 Å². The number of hydrogen-bond acceptors (Lipinski definition) is 5. The van der Waals surface area contributed by atoms with Gasteiger partial charge in [0.1, 0.15) is 0 Å². The molecule has 26 heavy (non-hydrogen) atoms. The molecule has 0 unspecified atom stereocenters. The van der Waals surface area contributed by atoms with E-state index in [1.807, 2.05) is 0 Å². The average molecular weight is 348 g/mol. The molecule has 1 aromatic heterocycles. The number of ketones is 3. The highest BCUT2D eigenvalue weighted by Crippen LogP contribution is 2.50. The Labute approximate surface area is 149 Å². The second-order valence-corrected chi connectivity index (χ2v) is 7.33. The quantitative estimate of drug-likeness (QED) is 0.790. The van der Waals surface area contributed by atoms with Crippen molar-refractivity contribution in [3.05, 3.63) is 69.4 Å². The second kappa shape index (κ2) is 4.81. The van der Waals surface area contributed by atoms with E-state index in [0.29, 0.717) is 16.9 Å². The number of rotatable bonds is 1. The van der Waals surface area contributed by atoms with Gasteiger partial charge in [0.15, 0.2) is 17.3 Å². The van der Waals surface area contributed by atoms with Crippen LogP contribution in [0.15, 0.2) is 34.6 Å². The first-order valence-corrected chi connectivity index (χ1v) is 8.64. The van der Waals surface area contributed by atoms with Crippen LogP contribution in [0, 0.1) is 0 Å². The van der Waals surface area contributed by atoms with Gasteiger partial charge in [-0.05, 0) is 42.5 Å². The lowest BCUT2D eigenvalue weighted by Crippen LogP contribution is -2.36. The summed E-state index contributed by atoms with van der Waals surface area (Å²) in [5, 5.41) is 0. The summed E-state index contributed by atoms with van der Waals surface area (Å²) in [6.07, 6.45) is 5.58. The number of aryl methyl sites for hydroxylation is 1. The van der Waals surface area contributed by atoms with Crippen LogP contribution in [0.25, 0.3) is 0 Å². The minimum absolute atomic E-state index is 0.0306. The van der Waals surface area contributed by atoms with Crippen LogP contribution in [0.2, 0.25) is 0 Å². The van der Waals surface area contributed by atoms with Crippen molar-refractivity contribution in [3.8, 4) is 0 Å². The number of ether oxygens (including phenoxy) is 1. The van der Waals surface area contributed by atoms with Gasteiger partial charge in [0.05, 0.1) is 13.4 Å². The number of carbonyl (C=O) groups excluding carboxylic acids is 3. The van der Waals surface area contributed by atoms with Crippen molar-refractivity contribution in [1.29, 1.82) is 0 Å². The van der Waals surface area contributed by atoms with Gasteiger partial charge in [-0.1, -0.05) is 6.92 Å². The van der Waals surface area contributed by atoms with E-state index in [9.17, 15) is 14.4 Å². The maximum absolute atomic E-state index is 13.0. The number of fused-ring (bicyclic) bond motifs is 3. The standard InChI is InChI=1S/C21H16O5/c1-21-5-3-4-10-9-26-20(17(10)21)19(24)13-6-11-12(7-14(13)21)18(23)16(25-2)8-15(11)22/h6-9H,3-5H2,1-2H3/t21-/m0/s1. The van der Waals surface area contributed by atoms with E-state index in [1.54, 1.807) is 18.4 Å². The number of Topliss-reactive ketones (excluding diaryl/α,β-unsaturated/α-hetero) is 1. The Bertz CT molecular complexity index is 1070. The average Bonchev–Trinajstić information content (AvgIpc) is 3.08. The SMILES string of the molecule is COC1=CC(=O)c2cc3c(cc2C1=O)[C@]1(C)CCCc2coc(c21)C3=O. The maximum Gasteiger partial charge on any atom is 0.228 e. The lowest BCUT2D eigenvalue weighted by atomic mass is 9.62. The van der Waals surface area contributed by atoms with Crippen LogP contribution in [0.5, 0.6) is 0 Å². The predicted molar refractivity (Wildman–Crippen MR) is 91.7 cm³/mol. The molecule has 130 valence electrons. The van der Waals surface area contributed by atoms with E-state index in [4.69, 9.17) is 9.15 Å². The molecule has 0 amide bonds. The fraction of sp³-hybridized carbons (Fsp3) is 0.286. The minimum Gasteiger partial charge on any atom is -0.492 e. The fourth-order valence-electron chi connectivity index (χ4n) is 4.68. The summed E-state index contributed by atoms with van der Waals surface area (Å²) in [6, 6.07) is 3.28. The molecule has 5 rings (SSSR count). The third-order valence-electron chi connectivity index (χ3n) is 5.96. The van der Waals surface area contributed by atoms with Crippen LogP contribution in [-0.4, -0.2) is 24.5 Å². The second-order valence-electron chi connectivity index (χ2n) is 7.33. The molecule has 0 fully saturated rings. The van der Waals surface area contributed by atoms with E-state index in [0.717, 1.165) is 36.0 Å². The highest BCUT2D eigenvalue weighted by Gasteiger charge is 2.47. The van der Waals surface area contributed by atoms with Crippen LogP contribution in [0.4, 0.5) is 0 Å². The lowest BCUT2D eigenvalue weighted by molar-refractivity contribution is 0.0915. The summed E-state index contributed by atoms with van der Waals surface area (Å²) >= 11 is 0. The topological polar surface area (TPSA) is 73.6 Å². The molecule has 1 heterocycles. The Kier molecular flexibility index (Phi) is 2.84. The van der Waals surface area contributed by atoms with Crippen LogP contribution >= 0.6 is 0 Å². The summed E-state index contributed by atoms with van der Waals surface area (Å²) in [5.41, 5.74) is 3.42. The largest absolute Gasteiger partial charge is 0.492 e. The molecule has 3 aliphatic rings. The predicted octanol–water partition coefficient (Wildman–Crippen LogP) is 3.38. The van der Waals surface area contributed by atoms with Crippen molar-refractivity contribution in [1.82, 2.24) is 0 Å². The first-order chi connectivity index (χ1) is 12.5. The van der Waals surface area contributed by atoms with E-state index in [1.165, 1.54) is 13.2 Å². The Morgan fingerprint density at radius 2 is 1.88 bits per heavy atom. The molecule has 0 aliphatic heterocycles. The van der Waals surface area contributed by atoms with Crippen molar-refractivity contribution in [2.75, 3.05) is 7.11 Å². The van der Waals surface area contributed by atoms with Gasteiger partial charge in [-0.2, -0.15) is 0 Å². The van der Waals surface area contributed by atoms with Gasteiger partial charge in [0.25, 0.3) is 0 Å². The lowest BCUT2D eigenvalue weighted by Gasteiger charge is -2.39. The zero-order valence-electron chi connectivity index (χ0n) is 14.5. The third kappa shape index (κ3) is 1.68. The molecule has 0 bridgehead atoms. The molecule has 0 radical (unpaired) electrons. The van der Waals surface area contributed by atoms with Crippen LogP contribution in [-0.2, 0) is 16.6 Å². The van der Waals surface area contributed by atoms with E-state index in [-0.39, 0.29) is 28.7 Å². The Hall–Kier alpha value is -2.95. The van der Waals surface area contributed by atoms with Crippen LogP contribution < -0.4 is 0 Å².